The molecule has 1 aromatic heterocycles. The lowest BCUT2D eigenvalue weighted by atomic mass is 10.2. The maximum Gasteiger partial charge on any atom is 0.327 e. The second-order valence-corrected chi connectivity index (χ2v) is 6.49. The number of anilines is 2. The predicted molar refractivity (Wildman–Crippen MR) is 99.1 cm³/mol. The zero-order chi connectivity index (χ0) is 17.8. The Labute approximate surface area is 153 Å². The number of carbonyl (C=O) groups is 1. The average molecular weight is 407 g/mol. The van der Waals surface area contributed by atoms with Crippen molar-refractivity contribution in [1.29, 1.82) is 0 Å². The smallest absolute Gasteiger partial charge is 0.327 e. The van der Waals surface area contributed by atoms with E-state index in [0.29, 0.717) is 4.47 Å². The van der Waals surface area contributed by atoms with Gasteiger partial charge in [-0.2, -0.15) is 5.10 Å². The van der Waals surface area contributed by atoms with Gasteiger partial charge in [-0.15, -0.1) is 0 Å². The number of piperazine rings is 1. The normalized spacial score (nSPS) is 14.5. The number of methoxy groups -OCH3 is 1. The van der Waals surface area contributed by atoms with Gasteiger partial charge >= 0.3 is 5.97 Å². The van der Waals surface area contributed by atoms with Gasteiger partial charge in [0.15, 0.2) is 0 Å². The largest absolute Gasteiger partial charge is 0.468 e. The summed E-state index contributed by atoms with van der Waals surface area (Å²) in [4.78, 5) is 28.2. The number of halogens is 1. The molecule has 0 unspecified atom stereocenters. The minimum Gasteiger partial charge on any atom is -0.468 e. The summed E-state index contributed by atoms with van der Waals surface area (Å²) >= 11 is 3.36. The van der Waals surface area contributed by atoms with Crippen molar-refractivity contribution in [3.63, 3.8) is 0 Å². The van der Waals surface area contributed by atoms with Crippen LogP contribution in [0.25, 0.3) is 0 Å². The van der Waals surface area contributed by atoms with Gasteiger partial charge in [0, 0.05) is 31.9 Å². The first-order valence-corrected chi connectivity index (χ1v) is 8.77. The quantitative estimate of drug-likeness (QED) is 0.716. The zero-order valence-electron chi connectivity index (χ0n) is 13.9. The predicted octanol–water partition coefficient (Wildman–Crippen LogP) is 1.51. The number of para-hydroxylation sites is 1. The Morgan fingerprint density at radius 1 is 1.16 bits per heavy atom. The molecular weight excluding hydrogens is 388 g/mol. The van der Waals surface area contributed by atoms with Crippen LogP contribution in [0.3, 0.4) is 0 Å². The maximum absolute atomic E-state index is 12.4. The number of hydrogen-bond donors (Lipinski definition) is 0. The molecule has 2 heterocycles. The summed E-state index contributed by atoms with van der Waals surface area (Å²) < 4.78 is 6.09. The minimum absolute atomic E-state index is 0.198. The summed E-state index contributed by atoms with van der Waals surface area (Å²) in [5.74, 6) is -0.509. The van der Waals surface area contributed by atoms with Crippen LogP contribution in [-0.2, 0) is 16.1 Å². The fourth-order valence-electron chi connectivity index (χ4n) is 2.82. The topological polar surface area (TPSA) is 67.7 Å². The molecule has 7 nitrogen and oxygen atoms in total. The van der Waals surface area contributed by atoms with E-state index in [2.05, 4.69) is 47.7 Å². The Hall–Kier alpha value is -2.35. The third-order valence-electron chi connectivity index (χ3n) is 4.21. The first-order chi connectivity index (χ1) is 12.1. The first kappa shape index (κ1) is 17.5. The molecule has 1 fully saturated rings. The first-order valence-electron chi connectivity index (χ1n) is 7.97. The minimum atomic E-state index is -0.509. The highest BCUT2D eigenvalue weighted by Crippen LogP contribution is 2.24. The monoisotopic (exact) mass is 406 g/mol. The molecule has 0 radical (unpaired) electrons. The standard InChI is InChI=1S/C17H19BrN4O3/c1-25-15(23)12-22-17(24)16(18)14(11-19-22)21-9-7-20(8-10-21)13-5-3-2-4-6-13/h2-6,11H,7-10,12H2,1H3. The van der Waals surface area contributed by atoms with Crippen molar-refractivity contribution in [2.45, 2.75) is 6.54 Å². The van der Waals surface area contributed by atoms with Gasteiger partial charge < -0.3 is 14.5 Å². The number of carbonyl (C=O) groups excluding carboxylic acids is 1. The van der Waals surface area contributed by atoms with Gasteiger partial charge in [0.2, 0.25) is 0 Å². The highest BCUT2D eigenvalue weighted by Gasteiger charge is 2.21. The molecule has 0 bridgehead atoms. The third-order valence-corrected chi connectivity index (χ3v) is 4.96. The molecule has 1 saturated heterocycles. The van der Waals surface area contributed by atoms with Gasteiger partial charge in [-0.05, 0) is 28.1 Å². The van der Waals surface area contributed by atoms with Crippen LogP contribution in [0.5, 0.6) is 0 Å². The Bertz CT molecular complexity index is 801. The summed E-state index contributed by atoms with van der Waals surface area (Å²) in [6.07, 6.45) is 1.62. The summed E-state index contributed by atoms with van der Waals surface area (Å²) in [6, 6.07) is 10.3. The van der Waals surface area contributed by atoms with Crippen LogP contribution in [0.1, 0.15) is 0 Å². The van der Waals surface area contributed by atoms with Gasteiger partial charge in [0.25, 0.3) is 5.56 Å². The summed E-state index contributed by atoms with van der Waals surface area (Å²) in [5.41, 5.74) is 1.61. The van der Waals surface area contributed by atoms with E-state index >= 15 is 0 Å². The molecule has 0 saturated carbocycles. The maximum atomic E-state index is 12.4. The lowest BCUT2D eigenvalue weighted by Gasteiger charge is -2.37. The number of hydrogen-bond acceptors (Lipinski definition) is 6. The molecule has 1 aromatic carbocycles. The summed E-state index contributed by atoms with van der Waals surface area (Å²) in [7, 11) is 1.28. The summed E-state index contributed by atoms with van der Waals surface area (Å²) in [6.45, 7) is 3.10. The van der Waals surface area contributed by atoms with Crippen molar-refractivity contribution in [1.82, 2.24) is 9.78 Å². The van der Waals surface area contributed by atoms with E-state index in [1.165, 1.54) is 12.8 Å². The fraction of sp³-hybridized carbons (Fsp3) is 0.353. The number of nitrogens with zero attached hydrogens (tertiary/aromatic N) is 4. The van der Waals surface area contributed by atoms with Crippen molar-refractivity contribution in [2.24, 2.45) is 0 Å². The third kappa shape index (κ3) is 3.84. The van der Waals surface area contributed by atoms with Crippen LogP contribution in [0.4, 0.5) is 11.4 Å². The SMILES string of the molecule is COC(=O)Cn1ncc(N2CCN(c3ccccc3)CC2)c(Br)c1=O. The van der Waals surface area contributed by atoms with Gasteiger partial charge in [0.1, 0.15) is 11.0 Å². The molecule has 2 aromatic rings. The molecule has 132 valence electrons. The Kier molecular flexibility index (Phi) is 5.37. The molecule has 1 aliphatic rings. The second-order valence-electron chi connectivity index (χ2n) is 5.69. The van der Waals surface area contributed by atoms with Gasteiger partial charge in [-0.25, -0.2) is 4.68 Å². The van der Waals surface area contributed by atoms with Crippen molar-refractivity contribution in [3.05, 3.63) is 51.4 Å². The van der Waals surface area contributed by atoms with Crippen LogP contribution in [0, 0.1) is 0 Å². The lowest BCUT2D eigenvalue weighted by Crippen LogP contribution is -2.47. The molecular formula is C17H19BrN4O3. The van der Waals surface area contributed by atoms with E-state index in [1.54, 1.807) is 6.20 Å². The van der Waals surface area contributed by atoms with Crippen molar-refractivity contribution in [2.75, 3.05) is 43.1 Å². The Morgan fingerprint density at radius 3 is 2.44 bits per heavy atom. The van der Waals surface area contributed by atoms with E-state index in [0.717, 1.165) is 36.5 Å². The van der Waals surface area contributed by atoms with E-state index < -0.39 is 5.97 Å². The van der Waals surface area contributed by atoms with Crippen molar-refractivity contribution in [3.8, 4) is 0 Å². The zero-order valence-corrected chi connectivity index (χ0v) is 15.5. The highest BCUT2D eigenvalue weighted by atomic mass is 79.9. The second kappa shape index (κ2) is 7.69. The molecule has 25 heavy (non-hydrogen) atoms. The molecule has 0 N–H and O–H groups in total. The molecule has 8 heteroatoms. The van der Waals surface area contributed by atoms with Crippen LogP contribution in [-0.4, -0.2) is 49.0 Å². The Balaban J connectivity index is 1.72. The molecule has 0 aliphatic carbocycles. The van der Waals surface area contributed by atoms with E-state index in [9.17, 15) is 9.59 Å². The van der Waals surface area contributed by atoms with Crippen molar-refractivity contribution >= 4 is 33.3 Å². The van der Waals surface area contributed by atoms with Gasteiger partial charge in [0.05, 0.1) is 19.0 Å². The molecule has 3 rings (SSSR count). The van der Waals surface area contributed by atoms with Crippen molar-refractivity contribution < 1.29 is 9.53 Å². The molecule has 0 amide bonds. The molecule has 1 aliphatic heterocycles. The van der Waals surface area contributed by atoms with Crippen LogP contribution >= 0.6 is 15.9 Å². The average Bonchev–Trinajstić information content (AvgIpc) is 2.66. The number of ether oxygens (including phenoxy) is 1. The number of rotatable bonds is 4. The Morgan fingerprint density at radius 2 is 1.80 bits per heavy atom. The van der Waals surface area contributed by atoms with Crippen LogP contribution in [0.15, 0.2) is 45.8 Å². The highest BCUT2D eigenvalue weighted by molar-refractivity contribution is 9.10. The van der Waals surface area contributed by atoms with E-state index in [4.69, 9.17) is 0 Å². The van der Waals surface area contributed by atoms with Gasteiger partial charge in [-0.1, -0.05) is 18.2 Å². The fourth-order valence-corrected chi connectivity index (χ4v) is 3.38. The number of benzene rings is 1. The number of aromatic nitrogens is 2. The molecule has 0 spiro atoms. The van der Waals surface area contributed by atoms with Crippen LogP contribution in [0.2, 0.25) is 0 Å². The van der Waals surface area contributed by atoms with Crippen LogP contribution < -0.4 is 15.4 Å². The number of esters is 1. The van der Waals surface area contributed by atoms with E-state index in [-0.39, 0.29) is 12.1 Å². The summed E-state index contributed by atoms with van der Waals surface area (Å²) in [5, 5.41) is 4.10. The van der Waals surface area contributed by atoms with E-state index in [1.807, 2.05) is 18.2 Å². The van der Waals surface area contributed by atoms with Gasteiger partial charge in [-0.3, -0.25) is 9.59 Å². The molecule has 0 atom stereocenters. The lowest BCUT2D eigenvalue weighted by molar-refractivity contribution is -0.141.